The van der Waals surface area contributed by atoms with Gasteiger partial charge in [0.05, 0.1) is 11.8 Å². The minimum absolute atomic E-state index is 0.0785. The number of allylic oxidation sites excluding steroid dienone is 2. The first kappa shape index (κ1) is 16.5. The molecule has 0 aromatic carbocycles. The molecule has 0 spiro atoms. The Labute approximate surface area is 133 Å². The summed E-state index contributed by atoms with van der Waals surface area (Å²) in [5.41, 5.74) is 0. The molecule has 7 nitrogen and oxygen atoms in total. The van der Waals surface area contributed by atoms with Crippen LogP contribution in [0.4, 0.5) is 0 Å². The lowest BCUT2D eigenvalue weighted by molar-refractivity contribution is -0.148. The Morgan fingerprint density at radius 3 is 2.23 bits per heavy atom. The monoisotopic (exact) mass is 326 g/mol. The van der Waals surface area contributed by atoms with Gasteiger partial charge in [-0.1, -0.05) is 12.2 Å². The molecule has 8 heteroatoms. The number of rotatable bonds is 5. The number of nitrogens with zero attached hydrogens (tertiary/aromatic N) is 1. The summed E-state index contributed by atoms with van der Waals surface area (Å²) in [4.78, 5) is 48.7. The molecule has 1 aliphatic heterocycles. The SMILES string of the molecule is C[C@@H](C(=O)N[C@@H](CS)C(=O)O)N1C(=O)[C@@H]2CC=CC[C@H]2C1=O. The summed E-state index contributed by atoms with van der Waals surface area (Å²) in [7, 11) is 0. The molecule has 0 aromatic heterocycles. The summed E-state index contributed by atoms with van der Waals surface area (Å²) in [6.45, 7) is 1.42. The number of likely N-dealkylation sites (tertiary alicyclic amines) is 1. The minimum atomic E-state index is -1.22. The van der Waals surface area contributed by atoms with Gasteiger partial charge >= 0.3 is 5.97 Å². The minimum Gasteiger partial charge on any atom is -0.480 e. The van der Waals surface area contributed by atoms with Crippen LogP contribution in [0, 0.1) is 11.8 Å². The molecule has 1 saturated heterocycles. The molecule has 2 N–H and O–H groups in total. The summed E-state index contributed by atoms with van der Waals surface area (Å²) >= 11 is 3.86. The van der Waals surface area contributed by atoms with Crippen LogP contribution in [0.15, 0.2) is 12.2 Å². The van der Waals surface area contributed by atoms with Crippen molar-refractivity contribution in [1.82, 2.24) is 10.2 Å². The second-order valence-corrected chi connectivity index (χ2v) is 5.83. The zero-order valence-electron chi connectivity index (χ0n) is 12.1. The molecule has 0 unspecified atom stereocenters. The lowest BCUT2D eigenvalue weighted by Crippen LogP contribution is -2.52. The fourth-order valence-corrected chi connectivity index (χ4v) is 3.05. The molecule has 2 aliphatic rings. The zero-order chi connectivity index (χ0) is 16.4. The van der Waals surface area contributed by atoms with Crippen LogP contribution in [0.1, 0.15) is 19.8 Å². The van der Waals surface area contributed by atoms with Crippen molar-refractivity contribution in [3.63, 3.8) is 0 Å². The predicted octanol–water partition coefficient (Wildman–Crippen LogP) is -0.175. The molecule has 22 heavy (non-hydrogen) atoms. The molecule has 0 saturated carbocycles. The van der Waals surface area contributed by atoms with Gasteiger partial charge < -0.3 is 10.4 Å². The number of fused-ring (bicyclic) bond motifs is 1. The Hall–Kier alpha value is -1.83. The molecular weight excluding hydrogens is 308 g/mol. The third-order valence-electron chi connectivity index (χ3n) is 4.11. The van der Waals surface area contributed by atoms with Gasteiger partial charge in [0.2, 0.25) is 17.7 Å². The first-order valence-electron chi connectivity index (χ1n) is 7.04. The number of carboxylic acids is 1. The Morgan fingerprint density at radius 2 is 1.82 bits per heavy atom. The second-order valence-electron chi connectivity index (χ2n) is 5.46. The maximum atomic E-state index is 12.3. The van der Waals surface area contributed by atoms with E-state index >= 15 is 0 Å². The van der Waals surface area contributed by atoms with Crippen LogP contribution in [0.25, 0.3) is 0 Å². The highest BCUT2D eigenvalue weighted by molar-refractivity contribution is 7.80. The van der Waals surface area contributed by atoms with E-state index in [9.17, 15) is 19.2 Å². The lowest BCUT2D eigenvalue weighted by Gasteiger charge is -2.23. The molecule has 0 aromatic rings. The largest absolute Gasteiger partial charge is 0.480 e. The molecule has 120 valence electrons. The van der Waals surface area contributed by atoms with Crippen LogP contribution in [0.3, 0.4) is 0 Å². The summed E-state index contributed by atoms with van der Waals surface area (Å²) in [5.74, 6) is -3.51. The van der Waals surface area contributed by atoms with Crippen molar-refractivity contribution in [1.29, 1.82) is 0 Å². The number of carboxylic acid groups (broad SMARTS) is 1. The number of carbonyl (C=O) groups is 4. The summed E-state index contributed by atoms with van der Waals surface area (Å²) in [5, 5.41) is 11.2. The van der Waals surface area contributed by atoms with E-state index in [4.69, 9.17) is 5.11 Å². The number of hydrogen-bond acceptors (Lipinski definition) is 5. The molecule has 2 rings (SSSR count). The van der Waals surface area contributed by atoms with Crippen LogP contribution < -0.4 is 5.32 Å². The average molecular weight is 326 g/mol. The van der Waals surface area contributed by atoms with E-state index in [1.807, 2.05) is 12.2 Å². The summed E-state index contributed by atoms with van der Waals surface area (Å²) in [6, 6.07) is -2.19. The lowest BCUT2D eigenvalue weighted by atomic mass is 9.85. The first-order chi connectivity index (χ1) is 10.4. The zero-order valence-corrected chi connectivity index (χ0v) is 13.0. The average Bonchev–Trinajstić information content (AvgIpc) is 2.75. The second kappa shape index (κ2) is 6.51. The molecular formula is C14H18N2O5S. The van der Waals surface area contributed by atoms with Gasteiger partial charge in [0, 0.05) is 5.75 Å². The Kier molecular flexibility index (Phi) is 4.90. The molecule has 1 aliphatic carbocycles. The molecule has 4 atom stereocenters. The number of aliphatic carboxylic acids is 1. The maximum Gasteiger partial charge on any atom is 0.327 e. The Morgan fingerprint density at radius 1 is 1.32 bits per heavy atom. The summed E-state index contributed by atoms with van der Waals surface area (Å²) in [6.07, 6.45) is 4.72. The van der Waals surface area contributed by atoms with Crippen LogP contribution >= 0.6 is 12.6 Å². The van der Waals surface area contributed by atoms with E-state index in [1.54, 1.807) is 0 Å². The number of carbonyl (C=O) groups excluding carboxylic acids is 3. The molecule has 0 radical (unpaired) electrons. The van der Waals surface area contributed by atoms with E-state index in [0.29, 0.717) is 12.8 Å². The normalized spacial score (nSPS) is 26.5. The van der Waals surface area contributed by atoms with Gasteiger partial charge in [-0.3, -0.25) is 19.3 Å². The van der Waals surface area contributed by atoms with Crippen molar-refractivity contribution in [2.75, 3.05) is 5.75 Å². The van der Waals surface area contributed by atoms with E-state index in [-0.39, 0.29) is 17.6 Å². The van der Waals surface area contributed by atoms with Crippen LogP contribution in [-0.4, -0.2) is 51.5 Å². The molecule has 1 fully saturated rings. The highest BCUT2D eigenvalue weighted by Crippen LogP contribution is 2.36. The fourth-order valence-electron chi connectivity index (χ4n) is 2.80. The van der Waals surface area contributed by atoms with Gasteiger partial charge in [-0.2, -0.15) is 12.6 Å². The number of imide groups is 1. The van der Waals surface area contributed by atoms with E-state index < -0.39 is 35.8 Å². The van der Waals surface area contributed by atoms with Crippen molar-refractivity contribution in [2.45, 2.75) is 31.8 Å². The maximum absolute atomic E-state index is 12.3. The van der Waals surface area contributed by atoms with Gasteiger partial charge in [-0.15, -0.1) is 0 Å². The number of hydrogen-bond donors (Lipinski definition) is 3. The van der Waals surface area contributed by atoms with Crippen molar-refractivity contribution < 1.29 is 24.3 Å². The smallest absolute Gasteiger partial charge is 0.327 e. The molecule has 1 heterocycles. The first-order valence-corrected chi connectivity index (χ1v) is 7.67. The Balaban J connectivity index is 2.10. The molecule has 0 bridgehead atoms. The standard InChI is InChI=1S/C14H18N2O5S/c1-7(11(17)15-10(6-22)14(20)21)16-12(18)8-4-2-3-5-9(8)13(16)19/h2-3,7-10,22H,4-6H2,1H3,(H,15,17)(H,20,21)/t7-,8+,9+,10-/m0/s1. The van der Waals surface area contributed by atoms with Gasteiger partial charge in [-0.05, 0) is 19.8 Å². The van der Waals surface area contributed by atoms with Crippen LogP contribution in [-0.2, 0) is 19.2 Å². The highest BCUT2D eigenvalue weighted by atomic mass is 32.1. The molecule has 3 amide bonds. The predicted molar refractivity (Wildman–Crippen MR) is 80.1 cm³/mol. The van der Waals surface area contributed by atoms with Gasteiger partial charge in [0.1, 0.15) is 12.1 Å². The quantitative estimate of drug-likeness (QED) is 0.369. The van der Waals surface area contributed by atoms with E-state index in [1.165, 1.54) is 6.92 Å². The van der Waals surface area contributed by atoms with Crippen LogP contribution in [0.5, 0.6) is 0 Å². The third-order valence-corrected chi connectivity index (χ3v) is 4.47. The topological polar surface area (TPSA) is 104 Å². The van der Waals surface area contributed by atoms with E-state index in [0.717, 1.165) is 4.90 Å². The number of thiol groups is 1. The van der Waals surface area contributed by atoms with Gasteiger partial charge in [-0.25, -0.2) is 4.79 Å². The van der Waals surface area contributed by atoms with Crippen molar-refractivity contribution in [3.8, 4) is 0 Å². The van der Waals surface area contributed by atoms with Gasteiger partial charge in [0.15, 0.2) is 0 Å². The summed E-state index contributed by atoms with van der Waals surface area (Å²) < 4.78 is 0. The number of nitrogens with one attached hydrogen (secondary N) is 1. The van der Waals surface area contributed by atoms with Crippen molar-refractivity contribution in [2.24, 2.45) is 11.8 Å². The van der Waals surface area contributed by atoms with Crippen molar-refractivity contribution >= 4 is 36.3 Å². The fraction of sp³-hybridized carbons (Fsp3) is 0.571. The highest BCUT2D eigenvalue weighted by Gasteiger charge is 2.50. The van der Waals surface area contributed by atoms with Crippen molar-refractivity contribution in [3.05, 3.63) is 12.2 Å². The Bertz CT molecular complexity index is 521. The van der Waals surface area contributed by atoms with Gasteiger partial charge in [0.25, 0.3) is 0 Å². The third kappa shape index (κ3) is 2.87. The van der Waals surface area contributed by atoms with E-state index in [2.05, 4.69) is 17.9 Å². The van der Waals surface area contributed by atoms with Crippen LogP contribution in [0.2, 0.25) is 0 Å². The number of amides is 3.